The number of anilines is 1. The first-order valence-electron chi connectivity index (χ1n) is 11.6. The molecular formula is C28H24N4O2S2. The fraction of sp³-hybridized carbons (Fsp3) is 0.143. The molecule has 0 radical (unpaired) electrons. The van der Waals surface area contributed by atoms with Crippen molar-refractivity contribution in [2.24, 2.45) is 0 Å². The smallest absolute Gasteiger partial charge is 0.267 e. The molecule has 8 heteroatoms. The van der Waals surface area contributed by atoms with Crippen molar-refractivity contribution < 1.29 is 4.79 Å². The van der Waals surface area contributed by atoms with E-state index in [4.69, 9.17) is 17.2 Å². The summed E-state index contributed by atoms with van der Waals surface area (Å²) < 4.78 is 2.01. The Morgan fingerprint density at radius 3 is 2.39 bits per heavy atom. The number of thioether (sulfide) groups is 1. The molecule has 6 nitrogen and oxygen atoms in total. The number of amides is 1. The molecule has 36 heavy (non-hydrogen) atoms. The summed E-state index contributed by atoms with van der Waals surface area (Å²) in [5, 5.41) is 3.31. The molecule has 4 aromatic rings. The van der Waals surface area contributed by atoms with E-state index < -0.39 is 0 Å². The van der Waals surface area contributed by atoms with Crippen LogP contribution in [0.25, 0.3) is 11.7 Å². The average Bonchev–Trinajstić information content (AvgIpc) is 3.17. The van der Waals surface area contributed by atoms with Crippen LogP contribution in [-0.2, 0) is 17.8 Å². The van der Waals surface area contributed by atoms with Crippen molar-refractivity contribution in [3.8, 4) is 0 Å². The SMILES string of the molecule is Cc1cccn2c(=O)c(/C=C3\SC(=S)N(CCc4ccccc4)C3=O)c(NCc3ccccc3)nc12. The Balaban J connectivity index is 1.49. The number of carbonyl (C=O) groups excluding carboxylic acids is 1. The predicted octanol–water partition coefficient (Wildman–Crippen LogP) is 5.06. The number of thiocarbonyl (C=S) groups is 1. The van der Waals surface area contributed by atoms with Crippen LogP contribution in [0, 0.1) is 6.92 Å². The zero-order valence-corrected chi connectivity index (χ0v) is 21.3. The first kappa shape index (κ1) is 24.0. The molecule has 2 aromatic carbocycles. The van der Waals surface area contributed by atoms with Gasteiger partial charge in [0.15, 0.2) is 0 Å². The minimum absolute atomic E-state index is 0.191. The highest BCUT2D eigenvalue weighted by Gasteiger charge is 2.32. The van der Waals surface area contributed by atoms with Crippen LogP contribution in [0.15, 0.2) is 88.7 Å². The normalized spacial score (nSPS) is 14.7. The summed E-state index contributed by atoms with van der Waals surface area (Å²) >= 11 is 6.73. The molecule has 5 rings (SSSR count). The van der Waals surface area contributed by atoms with Crippen molar-refractivity contribution in [3.05, 3.63) is 117 Å². The molecule has 0 saturated carbocycles. The van der Waals surface area contributed by atoms with Crippen molar-refractivity contribution >= 4 is 51.7 Å². The van der Waals surface area contributed by atoms with Gasteiger partial charge in [0.25, 0.3) is 11.5 Å². The van der Waals surface area contributed by atoms with Crippen LogP contribution in [0.4, 0.5) is 5.82 Å². The van der Waals surface area contributed by atoms with Crippen LogP contribution in [0.1, 0.15) is 22.3 Å². The van der Waals surface area contributed by atoms with Gasteiger partial charge in [0, 0.05) is 19.3 Å². The molecule has 0 bridgehead atoms. The van der Waals surface area contributed by atoms with Gasteiger partial charge in [-0.2, -0.15) is 0 Å². The molecule has 1 aliphatic rings. The molecule has 1 saturated heterocycles. The number of hydrogen-bond acceptors (Lipinski definition) is 6. The number of fused-ring (bicyclic) bond motifs is 1. The monoisotopic (exact) mass is 512 g/mol. The second-order valence-electron chi connectivity index (χ2n) is 8.47. The Bertz CT molecular complexity index is 1530. The molecule has 1 N–H and O–H groups in total. The first-order valence-corrected chi connectivity index (χ1v) is 12.8. The maximum absolute atomic E-state index is 13.6. The van der Waals surface area contributed by atoms with Gasteiger partial charge in [-0.3, -0.25) is 18.9 Å². The second-order valence-corrected chi connectivity index (χ2v) is 10.1. The third kappa shape index (κ3) is 4.96. The number of benzene rings is 2. The van der Waals surface area contributed by atoms with Crippen LogP contribution in [0.3, 0.4) is 0 Å². The molecule has 2 aromatic heterocycles. The summed E-state index contributed by atoms with van der Waals surface area (Å²) in [5.41, 5.74) is 3.74. The molecule has 0 atom stereocenters. The van der Waals surface area contributed by atoms with E-state index in [-0.39, 0.29) is 11.5 Å². The quantitative estimate of drug-likeness (QED) is 0.276. The van der Waals surface area contributed by atoms with Gasteiger partial charge >= 0.3 is 0 Å². The fourth-order valence-electron chi connectivity index (χ4n) is 4.07. The lowest BCUT2D eigenvalue weighted by molar-refractivity contribution is -0.122. The van der Waals surface area contributed by atoms with Gasteiger partial charge < -0.3 is 5.32 Å². The van der Waals surface area contributed by atoms with Gasteiger partial charge in [-0.05, 0) is 42.2 Å². The van der Waals surface area contributed by atoms with Crippen molar-refractivity contribution in [1.82, 2.24) is 14.3 Å². The van der Waals surface area contributed by atoms with E-state index >= 15 is 0 Å². The standard InChI is InChI=1S/C28H24N4O2S2/c1-19-9-8-15-31-25(19)30-24(29-18-21-12-6-3-7-13-21)22(26(31)33)17-23-27(34)32(28(35)36-23)16-14-20-10-4-2-5-11-20/h2-13,15,17,29H,14,16,18H2,1H3/b23-17-. The van der Waals surface area contributed by atoms with E-state index in [1.54, 1.807) is 17.2 Å². The Labute approximate surface area is 218 Å². The number of pyridine rings is 1. The number of rotatable bonds is 7. The van der Waals surface area contributed by atoms with Gasteiger partial charge in [0.05, 0.1) is 10.5 Å². The van der Waals surface area contributed by atoms with E-state index in [9.17, 15) is 9.59 Å². The second kappa shape index (κ2) is 10.5. The van der Waals surface area contributed by atoms with E-state index in [0.29, 0.717) is 45.8 Å². The molecule has 0 spiro atoms. The van der Waals surface area contributed by atoms with E-state index in [1.807, 2.05) is 79.7 Å². The largest absolute Gasteiger partial charge is 0.365 e. The van der Waals surface area contributed by atoms with Crippen LogP contribution in [0.5, 0.6) is 0 Å². The minimum atomic E-state index is -0.242. The topological polar surface area (TPSA) is 66.7 Å². The molecule has 180 valence electrons. The first-order chi connectivity index (χ1) is 17.5. The van der Waals surface area contributed by atoms with Crippen molar-refractivity contribution in [3.63, 3.8) is 0 Å². The lowest BCUT2D eigenvalue weighted by Crippen LogP contribution is -2.30. The van der Waals surface area contributed by atoms with Crippen molar-refractivity contribution in [2.45, 2.75) is 19.9 Å². The van der Waals surface area contributed by atoms with Crippen LogP contribution in [0.2, 0.25) is 0 Å². The summed E-state index contributed by atoms with van der Waals surface area (Å²) in [6, 6.07) is 23.6. The number of nitrogens with zero attached hydrogens (tertiary/aromatic N) is 3. The summed E-state index contributed by atoms with van der Waals surface area (Å²) in [6.07, 6.45) is 4.02. The lowest BCUT2D eigenvalue weighted by atomic mass is 10.1. The van der Waals surface area contributed by atoms with Crippen molar-refractivity contribution in [1.29, 1.82) is 0 Å². The molecule has 1 aliphatic heterocycles. The predicted molar refractivity (Wildman–Crippen MR) is 150 cm³/mol. The van der Waals surface area contributed by atoms with Gasteiger partial charge in [0.2, 0.25) is 0 Å². The van der Waals surface area contributed by atoms with Crippen LogP contribution >= 0.6 is 24.0 Å². The van der Waals surface area contributed by atoms with Gasteiger partial charge in [0.1, 0.15) is 15.8 Å². The van der Waals surface area contributed by atoms with E-state index in [1.165, 1.54) is 16.2 Å². The Hall–Kier alpha value is -3.75. The summed E-state index contributed by atoms with van der Waals surface area (Å²) in [7, 11) is 0. The highest BCUT2D eigenvalue weighted by Crippen LogP contribution is 2.33. The maximum atomic E-state index is 13.6. The minimum Gasteiger partial charge on any atom is -0.365 e. The van der Waals surface area contributed by atoms with Gasteiger partial charge in [-0.15, -0.1) is 0 Å². The zero-order chi connectivity index (χ0) is 25.1. The zero-order valence-electron chi connectivity index (χ0n) is 19.7. The van der Waals surface area contributed by atoms with Crippen LogP contribution < -0.4 is 10.9 Å². The highest BCUT2D eigenvalue weighted by molar-refractivity contribution is 8.26. The maximum Gasteiger partial charge on any atom is 0.267 e. The van der Waals surface area contributed by atoms with Crippen LogP contribution in [-0.4, -0.2) is 31.1 Å². The fourth-order valence-corrected chi connectivity index (χ4v) is 5.36. The Morgan fingerprint density at radius 2 is 1.67 bits per heavy atom. The number of nitrogens with one attached hydrogen (secondary N) is 1. The number of carbonyl (C=O) groups is 1. The average molecular weight is 513 g/mol. The molecule has 1 amide bonds. The van der Waals surface area contributed by atoms with E-state index in [0.717, 1.165) is 16.7 Å². The number of aromatic nitrogens is 2. The lowest BCUT2D eigenvalue weighted by Gasteiger charge is -2.14. The van der Waals surface area contributed by atoms with Gasteiger partial charge in [-0.1, -0.05) is 90.7 Å². The Kier molecular flexibility index (Phi) is 6.97. The summed E-state index contributed by atoms with van der Waals surface area (Å²) in [5.74, 6) is 0.247. The molecule has 3 heterocycles. The highest BCUT2D eigenvalue weighted by atomic mass is 32.2. The van der Waals surface area contributed by atoms with Crippen molar-refractivity contribution in [2.75, 3.05) is 11.9 Å². The number of aryl methyl sites for hydroxylation is 1. The third-order valence-corrected chi connectivity index (χ3v) is 7.38. The van der Waals surface area contributed by atoms with Gasteiger partial charge in [-0.25, -0.2) is 4.98 Å². The molecule has 0 aliphatic carbocycles. The Morgan fingerprint density at radius 1 is 0.972 bits per heavy atom. The molecular weight excluding hydrogens is 488 g/mol. The molecule has 0 unspecified atom stereocenters. The summed E-state index contributed by atoms with van der Waals surface area (Å²) in [4.78, 5) is 33.6. The third-order valence-electron chi connectivity index (χ3n) is 6.00. The van der Waals surface area contributed by atoms with E-state index in [2.05, 4.69) is 5.32 Å². The summed E-state index contributed by atoms with van der Waals surface area (Å²) in [6.45, 7) is 2.90. The molecule has 1 fully saturated rings. The number of hydrogen-bond donors (Lipinski definition) is 1.